The summed E-state index contributed by atoms with van der Waals surface area (Å²) < 4.78 is 52.9. The number of aryl methyl sites for hydroxylation is 1. The average molecular weight is 461 g/mol. The van der Waals surface area contributed by atoms with Crippen molar-refractivity contribution in [1.82, 2.24) is 9.55 Å². The van der Waals surface area contributed by atoms with E-state index in [0.717, 1.165) is 35.6 Å². The number of amides is 1. The number of alkyl halides is 3. The monoisotopic (exact) mass is 461 g/mol. The predicted octanol–water partition coefficient (Wildman–Crippen LogP) is 5.22. The van der Waals surface area contributed by atoms with Crippen molar-refractivity contribution in [3.63, 3.8) is 0 Å². The Labute approximate surface area is 183 Å². The summed E-state index contributed by atoms with van der Waals surface area (Å²) in [5, 5.41) is 2.81. The number of fused-ring (bicyclic) bond motifs is 1. The molecule has 0 unspecified atom stereocenters. The van der Waals surface area contributed by atoms with Crippen molar-refractivity contribution in [2.75, 3.05) is 5.32 Å². The van der Waals surface area contributed by atoms with Crippen molar-refractivity contribution in [3.05, 3.63) is 92.6 Å². The maximum atomic E-state index is 13.4. The van der Waals surface area contributed by atoms with Gasteiger partial charge in [-0.2, -0.15) is 13.2 Å². The van der Waals surface area contributed by atoms with Gasteiger partial charge in [-0.3, -0.25) is 14.2 Å². The molecule has 4 rings (SSSR count). The highest BCUT2D eigenvalue weighted by Gasteiger charge is 2.30. The molecule has 4 aromatic rings. The number of halogens is 4. The van der Waals surface area contributed by atoms with E-state index in [0.29, 0.717) is 16.0 Å². The second-order valence-electron chi connectivity index (χ2n) is 7.07. The van der Waals surface area contributed by atoms with Crippen LogP contribution in [0.1, 0.15) is 26.4 Å². The van der Waals surface area contributed by atoms with Gasteiger partial charge in [0.1, 0.15) is 10.6 Å². The van der Waals surface area contributed by atoms with E-state index in [2.05, 4.69) is 10.3 Å². The van der Waals surface area contributed by atoms with Crippen LogP contribution in [0.3, 0.4) is 0 Å². The molecule has 0 spiro atoms. The summed E-state index contributed by atoms with van der Waals surface area (Å²) in [6.45, 7) is 1.72. The van der Waals surface area contributed by atoms with Crippen molar-refractivity contribution in [1.29, 1.82) is 0 Å². The molecule has 10 heteroatoms. The van der Waals surface area contributed by atoms with Crippen LogP contribution in [-0.4, -0.2) is 15.5 Å². The van der Waals surface area contributed by atoms with Gasteiger partial charge in [-0.05, 0) is 54.4 Å². The molecule has 0 saturated heterocycles. The van der Waals surface area contributed by atoms with Gasteiger partial charge in [0.05, 0.1) is 28.7 Å². The number of hydrogen-bond acceptors (Lipinski definition) is 4. The van der Waals surface area contributed by atoms with E-state index < -0.39 is 23.5 Å². The van der Waals surface area contributed by atoms with Crippen molar-refractivity contribution in [3.8, 4) is 0 Å². The van der Waals surface area contributed by atoms with Gasteiger partial charge in [0.15, 0.2) is 0 Å². The van der Waals surface area contributed by atoms with E-state index in [1.54, 1.807) is 19.1 Å². The molecular weight excluding hydrogens is 446 g/mol. The molecule has 5 nitrogen and oxygen atoms in total. The molecule has 0 aliphatic rings. The fourth-order valence-electron chi connectivity index (χ4n) is 3.25. The number of thiophene rings is 1. The van der Waals surface area contributed by atoms with Crippen LogP contribution in [0, 0.1) is 12.7 Å². The van der Waals surface area contributed by atoms with Gasteiger partial charge < -0.3 is 5.32 Å². The number of benzene rings is 2. The van der Waals surface area contributed by atoms with Crippen molar-refractivity contribution < 1.29 is 22.4 Å². The molecule has 2 aromatic heterocycles. The smallest absolute Gasteiger partial charge is 0.321 e. The zero-order chi connectivity index (χ0) is 23.0. The van der Waals surface area contributed by atoms with Crippen LogP contribution >= 0.6 is 11.3 Å². The summed E-state index contributed by atoms with van der Waals surface area (Å²) in [4.78, 5) is 30.5. The predicted molar refractivity (Wildman–Crippen MR) is 114 cm³/mol. The minimum atomic E-state index is -4.47. The third kappa shape index (κ3) is 4.26. The van der Waals surface area contributed by atoms with Crippen molar-refractivity contribution in [2.45, 2.75) is 19.6 Å². The Kier molecular flexibility index (Phi) is 5.55. The van der Waals surface area contributed by atoms with Gasteiger partial charge in [-0.25, -0.2) is 9.37 Å². The molecule has 2 heterocycles. The lowest BCUT2D eigenvalue weighted by molar-refractivity contribution is -0.137. The Balaban J connectivity index is 1.62. The lowest BCUT2D eigenvalue weighted by Crippen LogP contribution is -2.21. The fourth-order valence-corrected chi connectivity index (χ4v) is 4.29. The van der Waals surface area contributed by atoms with E-state index in [-0.39, 0.29) is 28.1 Å². The number of nitrogens with zero attached hydrogens (tertiary/aromatic N) is 2. The number of rotatable bonds is 4. The highest BCUT2D eigenvalue weighted by molar-refractivity contribution is 7.20. The highest BCUT2D eigenvalue weighted by atomic mass is 32.1. The Morgan fingerprint density at radius 3 is 2.53 bits per heavy atom. The van der Waals surface area contributed by atoms with E-state index in [9.17, 15) is 27.2 Å². The Bertz CT molecular complexity index is 1370. The lowest BCUT2D eigenvalue weighted by atomic mass is 10.2. The van der Waals surface area contributed by atoms with Crippen molar-refractivity contribution >= 4 is 33.1 Å². The molecule has 0 atom stereocenters. The topological polar surface area (TPSA) is 64.0 Å². The largest absolute Gasteiger partial charge is 0.416 e. The summed E-state index contributed by atoms with van der Waals surface area (Å²) in [6.07, 6.45) is -3.13. The Morgan fingerprint density at radius 2 is 1.88 bits per heavy atom. The lowest BCUT2D eigenvalue weighted by Gasteiger charge is -2.08. The Hall–Kier alpha value is -3.53. The molecule has 0 aliphatic carbocycles. The van der Waals surface area contributed by atoms with Crippen LogP contribution in [0.4, 0.5) is 23.2 Å². The first-order valence-electron chi connectivity index (χ1n) is 9.35. The summed E-state index contributed by atoms with van der Waals surface area (Å²) in [5.41, 5.74) is -0.00332. The van der Waals surface area contributed by atoms with E-state index in [1.807, 2.05) is 0 Å². The molecule has 0 saturated carbocycles. The SMILES string of the molecule is Cc1c(C(=O)Nc2ccc(C(F)(F)F)cc2)sc2ncn(Cc3cccc(F)c3)c(=O)c12. The molecule has 164 valence electrons. The van der Waals surface area contributed by atoms with Gasteiger partial charge in [-0.15, -0.1) is 11.3 Å². The van der Waals surface area contributed by atoms with Crippen molar-refractivity contribution in [2.24, 2.45) is 0 Å². The van der Waals surface area contributed by atoms with Gasteiger partial charge >= 0.3 is 6.18 Å². The minimum absolute atomic E-state index is 0.113. The molecule has 0 radical (unpaired) electrons. The zero-order valence-electron chi connectivity index (χ0n) is 16.5. The average Bonchev–Trinajstić information content (AvgIpc) is 3.07. The Morgan fingerprint density at radius 1 is 1.16 bits per heavy atom. The van der Waals surface area contributed by atoms with Crippen LogP contribution in [-0.2, 0) is 12.7 Å². The maximum Gasteiger partial charge on any atom is 0.416 e. The number of hydrogen-bond donors (Lipinski definition) is 1. The summed E-state index contributed by atoms with van der Waals surface area (Å²) in [5.74, 6) is -0.972. The second kappa shape index (κ2) is 8.19. The van der Waals surface area contributed by atoms with E-state index in [1.165, 1.54) is 23.0 Å². The van der Waals surface area contributed by atoms with E-state index >= 15 is 0 Å². The van der Waals surface area contributed by atoms with Crippen LogP contribution < -0.4 is 10.9 Å². The van der Waals surface area contributed by atoms with Gasteiger partial charge in [0, 0.05) is 5.69 Å². The number of carbonyl (C=O) groups is 1. The van der Waals surface area contributed by atoms with Gasteiger partial charge in [0.25, 0.3) is 11.5 Å². The molecule has 2 aromatic carbocycles. The third-order valence-electron chi connectivity index (χ3n) is 4.84. The molecule has 0 bridgehead atoms. The quantitative estimate of drug-likeness (QED) is 0.424. The summed E-state index contributed by atoms with van der Waals surface area (Å²) in [7, 11) is 0. The summed E-state index contributed by atoms with van der Waals surface area (Å²) >= 11 is 1.01. The normalized spacial score (nSPS) is 11.7. The third-order valence-corrected chi connectivity index (χ3v) is 6.03. The molecular formula is C22H15F4N3O2S. The number of anilines is 1. The molecule has 0 fully saturated rings. The first kappa shape index (κ1) is 21.7. The second-order valence-corrected chi connectivity index (χ2v) is 8.07. The van der Waals surface area contributed by atoms with Crippen LogP contribution in [0.25, 0.3) is 10.2 Å². The fraction of sp³-hybridized carbons (Fsp3) is 0.136. The number of nitrogens with one attached hydrogen (secondary N) is 1. The molecule has 1 amide bonds. The molecule has 32 heavy (non-hydrogen) atoms. The maximum absolute atomic E-state index is 13.4. The minimum Gasteiger partial charge on any atom is -0.321 e. The number of carbonyl (C=O) groups excluding carboxylic acids is 1. The van der Waals surface area contributed by atoms with Crippen LogP contribution in [0.15, 0.2) is 59.7 Å². The summed E-state index contributed by atoms with van der Waals surface area (Å²) in [6, 6.07) is 9.92. The first-order valence-corrected chi connectivity index (χ1v) is 10.2. The van der Waals surface area contributed by atoms with Gasteiger partial charge in [-0.1, -0.05) is 12.1 Å². The van der Waals surface area contributed by atoms with Crippen LogP contribution in [0.5, 0.6) is 0 Å². The highest BCUT2D eigenvalue weighted by Crippen LogP contribution is 2.31. The van der Waals surface area contributed by atoms with E-state index in [4.69, 9.17) is 0 Å². The number of aromatic nitrogens is 2. The van der Waals surface area contributed by atoms with Crippen LogP contribution in [0.2, 0.25) is 0 Å². The molecule has 1 N–H and O–H groups in total. The standard InChI is InChI=1S/C22H15F4N3O2S/c1-12-17-20(27-11-29(21(17)31)10-13-3-2-4-15(23)9-13)32-18(12)19(30)28-16-7-5-14(6-8-16)22(24,25)26/h2-9,11H,10H2,1H3,(H,28,30). The zero-order valence-corrected chi connectivity index (χ0v) is 17.4. The first-order chi connectivity index (χ1) is 15.1. The molecule has 0 aliphatic heterocycles. The van der Waals surface area contributed by atoms with Gasteiger partial charge in [0.2, 0.25) is 0 Å².